The molecule has 0 bridgehead atoms. The molecule has 1 aromatic carbocycles. The highest BCUT2D eigenvalue weighted by atomic mass is 32.2. The predicted molar refractivity (Wildman–Crippen MR) is 81.0 cm³/mol. The summed E-state index contributed by atoms with van der Waals surface area (Å²) in [7, 11) is -6.68. The van der Waals surface area contributed by atoms with Crippen LogP contribution in [0.15, 0.2) is 29.2 Å². The maximum atomic E-state index is 12.5. The van der Waals surface area contributed by atoms with E-state index in [1.54, 1.807) is 0 Å². The molecule has 2 rings (SSSR count). The highest BCUT2D eigenvalue weighted by molar-refractivity contribution is 7.90. The molecule has 1 aliphatic rings. The van der Waals surface area contributed by atoms with E-state index in [2.05, 4.69) is 0 Å². The summed E-state index contributed by atoms with van der Waals surface area (Å²) in [5.74, 6) is -0.0953. The molecule has 0 saturated carbocycles. The van der Waals surface area contributed by atoms with Gasteiger partial charge < -0.3 is 5.73 Å². The number of nitrogens with two attached hydrogens (primary N) is 1. The van der Waals surface area contributed by atoms with Gasteiger partial charge in [-0.1, -0.05) is 12.1 Å². The van der Waals surface area contributed by atoms with Crippen LogP contribution in [0.5, 0.6) is 0 Å². The molecule has 1 aliphatic heterocycles. The monoisotopic (exact) mass is 332 g/mol. The number of hydrogen-bond donors (Lipinski definition) is 1. The van der Waals surface area contributed by atoms with E-state index in [4.69, 9.17) is 5.73 Å². The summed E-state index contributed by atoms with van der Waals surface area (Å²) < 4.78 is 48.8. The highest BCUT2D eigenvalue weighted by Gasteiger charge is 2.28. The van der Waals surface area contributed by atoms with Crippen LogP contribution in [0, 0.1) is 0 Å². The number of rotatable bonds is 4. The molecule has 1 saturated heterocycles. The molecule has 0 unspecified atom stereocenters. The van der Waals surface area contributed by atoms with Crippen molar-refractivity contribution in [2.24, 2.45) is 5.73 Å². The van der Waals surface area contributed by atoms with Crippen molar-refractivity contribution in [3.8, 4) is 0 Å². The maximum Gasteiger partial charge on any atom is 0.243 e. The molecule has 21 heavy (non-hydrogen) atoms. The number of sulfone groups is 1. The largest absolute Gasteiger partial charge is 0.327 e. The third-order valence-electron chi connectivity index (χ3n) is 3.41. The first-order chi connectivity index (χ1) is 9.68. The minimum absolute atomic E-state index is 0.0953. The van der Waals surface area contributed by atoms with Gasteiger partial charge in [-0.05, 0) is 30.5 Å². The number of hydrogen-bond acceptors (Lipinski definition) is 5. The minimum Gasteiger partial charge on any atom is -0.327 e. The summed E-state index contributed by atoms with van der Waals surface area (Å²) >= 11 is 0. The van der Waals surface area contributed by atoms with E-state index < -0.39 is 19.9 Å². The van der Waals surface area contributed by atoms with E-state index in [1.165, 1.54) is 28.6 Å². The van der Waals surface area contributed by atoms with Crippen molar-refractivity contribution in [1.29, 1.82) is 0 Å². The predicted octanol–water partition coefficient (Wildman–Crippen LogP) is 0.343. The zero-order valence-corrected chi connectivity index (χ0v) is 13.5. The summed E-state index contributed by atoms with van der Waals surface area (Å²) in [5.41, 5.74) is 6.40. The van der Waals surface area contributed by atoms with Crippen LogP contribution in [0.25, 0.3) is 0 Å². The van der Waals surface area contributed by atoms with Crippen LogP contribution in [0.4, 0.5) is 0 Å². The lowest BCUT2D eigenvalue weighted by atomic mass is 10.1. The molecule has 8 heteroatoms. The van der Waals surface area contributed by atoms with Gasteiger partial charge in [0, 0.05) is 25.4 Å². The zero-order valence-electron chi connectivity index (χ0n) is 11.9. The first-order valence-corrected chi connectivity index (χ1v) is 10.2. The summed E-state index contributed by atoms with van der Waals surface area (Å²) in [6.45, 7) is 0.800. The second-order valence-corrected chi connectivity index (χ2v) is 9.56. The Labute approximate surface area is 125 Å². The number of piperidine rings is 1. The number of benzene rings is 1. The quantitative estimate of drug-likeness (QED) is 0.857. The van der Waals surface area contributed by atoms with E-state index >= 15 is 0 Å². The lowest BCUT2D eigenvalue weighted by Gasteiger charge is -2.29. The van der Waals surface area contributed by atoms with Crippen LogP contribution in [-0.4, -0.2) is 46.5 Å². The fraction of sp³-hybridized carbons (Fsp3) is 0.538. The van der Waals surface area contributed by atoms with E-state index in [9.17, 15) is 16.8 Å². The maximum absolute atomic E-state index is 12.5. The lowest BCUT2D eigenvalue weighted by Crippen LogP contribution is -2.45. The van der Waals surface area contributed by atoms with Crippen LogP contribution in [-0.2, 0) is 25.6 Å². The summed E-state index contributed by atoms with van der Waals surface area (Å²) in [6, 6.07) is 5.86. The van der Waals surface area contributed by atoms with Crippen molar-refractivity contribution < 1.29 is 16.8 Å². The Hall–Kier alpha value is -0.960. The van der Waals surface area contributed by atoms with Crippen molar-refractivity contribution in [3.63, 3.8) is 0 Å². The summed E-state index contributed by atoms with van der Waals surface area (Å²) in [5, 5.41) is 0. The van der Waals surface area contributed by atoms with Gasteiger partial charge >= 0.3 is 0 Å². The van der Waals surface area contributed by atoms with Crippen LogP contribution in [0.2, 0.25) is 0 Å². The Bertz CT molecular complexity index is 696. The molecule has 1 fully saturated rings. The van der Waals surface area contributed by atoms with Gasteiger partial charge in [-0.3, -0.25) is 0 Å². The number of sulfonamides is 1. The Kier molecular flexibility index (Phi) is 4.72. The highest BCUT2D eigenvalue weighted by Crippen LogP contribution is 2.21. The first kappa shape index (κ1) is 16.4. The second kappa shape index (κ2) is 6.04. The molecule has 6 nitrogen and oxygen atoms in total. The van der Waals surface area contributed by atoms with Crippen molar-refractivity contribution in [2.75, 3.05) is 19.3 Å². The van der Waals surface area contributed by atoms with Gasteiger partial charge in [-0.25, -0.2) is 16.8 Å². The van der Waals surface area contributed by atoms with Gasteiger partial charge in [-0.15, -0.1) is 0 Å². The molecule has 1 aromatic rings. The third-order valence-corrected chi connectivity index (χ3v) is 6.15. The standard InChI is InChI=1S/C13H20N2O4S2/c1-20(16,17)10-11-4-6-13(7-5-11)21(18,19)15-8-2-3-12(14)9-15/h4-7,12H,2-3,8-10,14H2,1H3/t12-/m1/s1. The second-order valence-electron chi connectivity index (χ2n) is 5.48. The van der Waals surface area contributed by atoms with Crippen molar-refractivity contribution in [1.82, 2.24) is 4.31 Å². The zero-order chi connectivity index (χ0) is 15.7. The van der Waals surface area contributed by atoms with Gasteiger partial charge in [0.05, 0.1) is 10.6 Å². The van der Waals surface area contributed by atoms with Crippen LogP contribution < -0.4 is 5.73 Å². The molecule has 0 aliphatic carbocycles. The lowest BCUT2D eigenvalue weighted by molar-refractivity contribution is 0.316. The van der Waals surface area contributed by atoms with Crippen LogP contribution >= 0.6 is 0 Å². The van der Waals surface area contributed by atoms with Crippen LogP contribution in [0.3, 0.4) is 0 Å². The molecule has 0 aromatic heterocycles. The smallest absolute Gasteiger partial charge is 0.243 e. The van der Waals surface area contributed by atoms with Gasteiger partial charge in [0.1, 0.15) is 0 Å². The summed E-state index contributed by atoms with van der Waals surface area (Å²) in [6.07, 6.45) is 2.73. The Morgan fingerprint density at radius 1 is 1.19 bits per heavy atom. The Morgan fingerprint density at radius 2 is 1.81 bits per heavy atom. The average molecular weight is 332 g/mol. The van der Waals surface area contributed by atoms with Crippen molar-refractivity contribution in [2.45, 2.75) is 29.5 Å². The van der Waals surface area contributed by atoms with E-state index in [1.807, 2.05) is 0 Å². The van der Waals surface area contributed by atoms with E-state index in [-0.39, 0.29) is 16.7 Å². The Morgan fingerprint density at radius 3 is 2.33 bits per heavy atom. The molecule has 0 spiro atoms. The Balaban J connectivity index is 2.21. The molecule has 0 amide bonds. The topological polar surface area (TPSA) is 97.5 Å². The fourth-order valence-electron chi connectivity index (χ4n) is 2.40. The van der Waals surface area contributed by atoms with E-state index in [0.717, 1.165) is 19.1 Å². The molecule has 2 N–H and O–H groups in total. The molecule has 1 atom stereocenters. The third kappa shape index (κ3) is 4.26. The average Bonchev–Trinajstić information content (AvgIpc) is 2.37. The fourth-order valence-corrected chi connectivity index (χ4v) is 4.74. The minimum atomic E-state index is -3.55. The van der Waals surface area contributed by atoms with E-state index in [0.29, 0.717) is 18.7 Å². The molecular formula is C13H20N2O4S2. The molecule has 1 heterocycles. The first-order valence-electron chi connectivity index (χ1n) is 6.71. The summed E-state index contributed by atoms with van der Waals surface area (Å²) in [4.78, 5) is 0.175. The van der Waals surface area contributed by atoms with Gasteiger partial charge in [0.25, 0.3) is 0 Å². The SMILES string of the molecule is CS(=O)(=O)Cc1ccc(S(=O)(=O)N2CCC[C@@H](N)C2)cc1. The van der Waals surface area contributed by atoms with Crippen molar-refractivity contribution >= 4 is 19.9 Å². The molecule has 0 radical (unpaired) electrons. The van der Waals surface area contributed by atoms with Crippen LogP contribution in [0.1, 0.15) is 18.4 Å². The number of nitrogens with zero attached hydrogens (tertiary/aromatic N) is 1. The normalized spacial score (nSPS) is 21.3. The van der Waals surface area contributed by atoms with Crippen molar-refractivity contribution in [3.05, 3.63) is 29.8 Å². The van der Waals surface area contributed by atoms with Gasteiger partial charge in [0.2, 0.25) is 10.0 Å². The molecular weight excluding hydrogens is 312 g/mol. The molecule has 118 valence electrons. The van der Waals surface area contributed by atoms with Gasteiger partial charge in [-0.2, -0.15) is 4.31 Å². The van der Waals surface area contributed by atoms with Gasteiger partial charge in [0.15, 0.2) is 9.84 Å².